The SMILES string of the molecule is CC(C)C.CNC(C)CN(C)C(C=O)CC(C)C.CSc1ccc(/C=C/C=O)cc1. The van der Waals surface area contributed by atoms with Crippen LogP contribution in [0.4, 0.5) is 0 Å². The summed E-state index contributed by atoms with van der Waals surface area (Å²) in [6.45, 7) is 13.8. The largest absolute Gasteiger partial charge is 0.316 e. The summed E-state index contributed by atoms with van der Waals surface area (Å²) in [4.78, 5) is 24.3. The lowest BCUT2D eigenvalue weighted by Crippen LogP contribution is -2.42. The molecule has 0 aliphatic heterocycles. The molecule has 2 atom stereocenters. The molecule has 4 nitrogen and oxygen atoms in total. The first-order chi connectivity index (χ1) is 14.1. The Labute approximate surface area is 189 Å². The summed E-state index contributed by atoms with van der Waals surface area (Å²) in [5, 5.41) is 3.17. The minimum Gasteiger partial charge on any atom is -0.316 e. The second kappa shape index (κ2) is 19.5. The monoisotopic (exact) mass is 436 g/mol. The molecule has 0 saturated carbocycles. The number of carbonyl (C=O) groups is 2. The van der Waals surface area contributed by atoms with Crippen LogP contribution in [0, 0.1) is 11.8 Å². The molecule has 0 fully saturated rings. The van der Waals surface area contributed by atoms with Gasteiger partial charge in [-0.3, -0.25) is 9.69 Å². The molecule has 1 N–H and O–H groups in total. The van der Waals surface area contributed by atoms with Crippen molar-refractivity contribution in [2.24, 2.45) is 11.8 Å². The van der Waals surface area contributed by atoms with E-state index in [1.54, 1.807) is 17.8 Å². The van der Waals surface area contributed by atoms with Gasteiger partial charge in [-0.25, -0.2) is 0 Å². The van der Waals surface area contributed by atoms with Crippen LogP contribution in [0.5, 0.6) is 0 Å². The number of rotatable bonds is 10. The van der Waals surface area contributed by atoms with Gasteiger partial charge in [0, 0.05) is 17.5 Å². The van der Waals surface area contributed by atoms with Gasteiger partial charge in [-0.05, 0) is 69.3 Å². The van der Waals surface area contributed by atoms with Crippen molar-refractivity contribution < 1.29 is 9.59 Å². The fourth-order valence-electron chi connectivity index (χ4n) is 2.35. The van der Waals surface area contributed by atoms with Crippen LogP contribution in [0.15, 0.2) is 35.2 Å². The van der Waals surface area contributed by atoms with Gasteiger partial charge >= 0.3 is 0 Å². The Kier molecular flexibility index (Phi) is 20.0. The molecule has 0 aliphatic rings. The highest BCUT2D eigenvalue weighted by molar-refractivity contribution is 7.98. The van der Waals surface area contributed by atoms with Crippen molar-refractivity contribution in [1.82, 2.24) is 10.2 Å². The molecule has 2 unspecified atom stereocenters. The fraction of sp³-hybridized carbons (Fsp3) is 0.600. The lowest BCUT2D eigenvalue weighted by molar-refractivity contribution is -0.112. The summed E-state index contributed by atoms with van der Waals surface area (Å²) in [6.07, 6.45) is 8.10. The lowest BCUT2D eigenvalue weighted by atomic mass is 10.0. The van der Waals surface area contributed by atoms with E-state index >= 15 is 0 Å². The second-order valence-corrected chi connectivity index (χ2v) is 9.34. The Morgan fingerprint density at radius 3 is 1.93 bits per heavy atom. The molecule has 30 heavy (non-hydrogen) atoms. The van der Waals surface area contributed by atoms with E-state index in [-0.39, 0.29) is 6.04 Å². The maximum Gasteiger partial charge on any atom is 0.142 e. The molecule has 172 valence electrons. The fourth-order valence-corrected chi connectivity index (χ4v) is 2.75. The number of hydrogen-bond acceptors (Lipinski definition) is 5. The Bertz CT molecular complexity index is 568. The number of allylic oxidation sites excluding steroid dienone is 1. The highest BCUT2D eigenvalue weighted by Gasteiger charge is 2.16. The van der Waals surface area contributed by atoms with Crippen LogP contribution in [0.1, 0.15) is 53.5 Å². The molecule has 0 saturated heterocycles. The molecule has 0 spiro atoms. The van der Waals surface area contributed by atoms with Gasteiger partial charge in [-0.2, -0.15) is 0 Å². The zero-order chi connectivity index (χ0) is 23.5. The van der Waals surface area contributed by atoms with Crippen LogP contribution in [0.2, 0.25) is 0 Å². The number of nitrogens with zero attached hydrogens (tertiary/aromatic N) is 1. The third-order valence-electron chi connectivity index (χ3n) is 3.97. The molecule has 0 heterocycles. The van der Waals surface area contributed by atoms with E-state index in [0.29, 0.717) is 12.0 Å². The van der Waals surface area contributed by atoms with Gasteiger partial charge < -0.3 is 10.1 Å². The lowest BCUT2D eigenvalue weighted by Gasteiger charge is -2.27. The number of thioether (sulfide) groups is 1. The smallest absolute Gasteiger partial charge is 0.142 e. The second-order valence-electron chi connectivity index (χ2n) is 8.46. The number of benzene rings is 1. The van der Waals surface area contributed by atoms with E-state index in [9.17, 15) is 9.59 Å². The highest BCUT2D eigenvalue weighted by Crippen LogP contribution is 2.15. The quantitative estimate of drug-likeness (QED) is 0.301. The maximum absolute atomic E-state index is 10.9. The number of nitrogens with one attached hydrogen (secondary N) is 1. The number of hydrogen-bond donors (Lipinski definition) is 1. The first-order valence-corrected chi connectivity index (χ1v) is 11.9. The molecule has 5 heteroatoms. The van der Waals surface area contributed by atoms with Crippen molar-refractivity contribution in [3.8, 4) is 0 Å². The first-order valence-electron chi connectivity index (χ1n) is 10.7. The summed E-state index contributed by atoms with van der Waals surface area (Å²) in [6, 6.07) is 8.54. The van der Waals surface area contributed by atoms with Crippen molar-refractivity contribution in [3.63, 3.8) is 0 Å². The van der Waals surface area contributed by atoms with E-state index < -0.39 is 0 Å². The van der Waals surface area contributed by atoms with Gasteiger partial charge in [-0.15, -0.1) is 11.8 Å². The normalized spacial score (nSPS) is 12.8. The van der Waals surface area contributed by atoms with Crippen molar-refractivity contribution in [2.45, 2.75) is 64.9 Å². The Morgan fingerprint density at radius 1 is 1.03 bits per heavy atom. The molecule has 0 amide bonds. The average Bonchev–Trinajstić information content (AvgIpc) is 2.70. The van der Waals surface area contributed by atoms with Crippen molar-refractivity contribution in [3.05, 3.63) is 35.9 Å². The summed E-state index contributed by atoms with van der Waals surface area (Å²) in [5.41, 5.74) is 1.06. The predicted molar refractivity (Wildman–Crippen MR) is 134 cm³/mol. The van der Waals surface area contributed by atoms with Crippen LogP contribution in [0.25, 0.3) is 6.08 Å². The van der Waals surface area contributed by atoms with E-state index in [0.717, 1.165) is 37.0 Å². The van der Waals surface area contributed by atoms with Crippen molar-refractivity contribution in [2.75, 3.05) is 26.9 Å². The number of carbonyl (C=O) groups excluding carboxylic acids is 2. The molecule has 0 aliphatic carbocycles. The average molecular weight is 437 g/mol. The predicted octanol–water partition coefficient (Wildman–Crippen LogP) is 5.42. The molecule has 0 aromatic heterocycles. The van der Waals surface area contributed by atoms with Crippen LogP contribution in [0.3, 0.4) is 0 Å². The minimum atomic E-state index is 0.0609. The van der Waals surface area contributed by atoms with Gasteiger partial charge in [0.2, 0.25) is 0 Å². The topological polar surface area (TPSA) is 49.4 Å². The minimum absolute atomic E-state index is 0.0609. The van der Waals surface area contributed by atoms with Crippen molar-refractivity contribution in [1.29, 1.82) is 0 Å². The van der Waals surface area contributed by atoms with Gasteiger partial charge in [0.05, 0.1) is 6.04 Å². The van der Waals surface area contributed by atoms with Crippen LogP contribution >= 0.6 is 11.8 Å². The van der Waals surface area contributed by atoms with E-state index in [2.05, 4.69) is 51.8 Å². The maximum atomic E-state index is 10.9. The first kappa shape index (κ1) is 30.8. The van der Waals surface area contributed by atoms with Crippen molar-refractivity contribution >= 4 is 30.4 Å². The van der Waals surface area contributed by atoms with E-state index in [1.807, 2.05) is 44.6 Å². The molecular weight excluding hydrogens is 392 g/mol. The molecule has 0 radical (unpaired) electrons. The summed E-state index contributed by atoms with van der Waals surface area (Å²) < 4.78 is 0. The number of aldehydes is 2. The standard InChI is InChI=1S/C11H24N2O.C10H10OS.C4H10/c1-9(2)6-11(8-14)13(5)7-10(3)12-4;1-12-10-6-4-9(5-7-10)3-2-8-11;1-4(2)3/h8-12H,6-7H2,1-5H3;2-8H,1H3;4H,1-3H3/b;3-2+;. The van der Waals surface area contributed by atoms with E-state index in [1.165, 1.54) is 11.0 Å². The Balaban J connectivity index is 0. The summed E-state index contributed by atoms with van der Waals surface area (Å²) >= 11 is 1.71. The van der Waals surface area contributed by atoms with Crippen LogP contribution < -0.4 is 5.32 Å². The Hall–Kier alpha value is -1.43. The van der Waals surface area contributed by atoms with E-state index in [4.69, 9.17) is 0 Å². The van der Waals surface area contributed by atoms with Gasteiger partial charge in [0.15, 0.2) is 0 Å². The third kappa shape index (κ3) is 18.6. The number of likely N-dealkylation sites (N-methyl/N-ethyl adjacent to an activating group) is 2. The van der Waals surface area contributed by atoms with Gasteiger partial charge in [0.25, 0.3) is 0 Å². The molecular formula is C25H44N2O2S. The zero-order valence-corrected chi connectivity index (χ0v) is 21.3. The van der Waals surface area contributed by atoms with Gasteiger partial charge in [-0.1, -0.05) is 52.8 Å². The van der Waals surface area contributed by atoms with Crippen LogP contribution in [-0.2, 0) is 9.59 Å². The zero-order valence-electron chi connectivity index (χ0n) is 20.5. The van der Waals surface area contributed by atoms with Gasteiger partial charge in [0.1, 0.15) is 12.6 Å². The Morgan fingerprint density at radius 2 is 1.57 bits per heavy atom. The molecule has 1 aromatic carbocycles. The highest BCUT2D eigenvalue weighted by atomic mass is 32.2. The summed E-state index contributed by atoms with van der Waals surface area (Å²) in [5.74, 6) is 1.40. The molecule has 1 rings (SSSR count). The molecule has 1 aromatic rings. The van der Waals surface area contributed by atoms with Crippen LogP contribution in [-0.4, -0.2) is 56.5 Å². The molecule has 0 bridgehead atoms. The third-order valence-corrected chi connectivity index (χ3v) is 4.72. The summed E-state index contributed by atoms with van der Waals surface area (Å²) in [7, 11) is 3.95.